The molecule has 5 heteroatoms. The zero-order chi connectivity index (χ0) is 24.6. The number of ketones is 2. The topological polar surface area (TPSA) is 83.8 Å². The van der Waals surface area contributed by atoms with Crippen molar-refractivity contribution < 1.29 is 24.5 Å². The van der Waals surface area contributed by atoms with Crippen LogP contribution < -0.4 is 4.74 Å². The van der Waals surface area contributed by atoms with Gasteiger partial charge in [0.15, 0.2) is 11.6 Å². The summed E-state index contributed by atoms with van der Waals surface area (Å²) in [6, 6.07) is 30.1. The number of allylic oxidation sites excluding steroid dienone is 1. The number of rotatable bonds is 4. The number of carbonyl (C=O) groups excluding carboxylic acids is 2. The summed E-state index contributed by atoms with van der Waals surface area (Å²) in [7, 11) is 0. The molecular formula is C30H24O5. The monoisotopic (exact) mass is 464 g/mol. The largest absolute Gasteiger partial charge is 0.508 e. The Morgan fingerprint density at radius 2 is 1.43 bits per heavy atom. The molecule has 35 heavy (non-hydrogen) atoms. The fraction of sp³-hybridized carbons (Fsp3) is 0.0667. The Balaban J connectivity index is 0.000000168. The lowest BCUT2D eigenvalue weighted by molar-refractivity contribution is 0.0849. The number of hydrogen-bond acceptors (Lipinski definition) is 5. The van der Waals surface area contributed by atoms with Crippen LogP contribution in [0.5, 0.6) is 17.2 Å². The molecule has 0 aromatic heterocycles. The fourth-order valence-corrected chi connectivity index (χ4v) is 3.62. The van der Waals surface area contributed by atoms with Crippen LogP contribution >= 0.6 is 0 Å². The molecule has 4 aromatic rings. The van der Waals surface area contributed by atoms with Crippen LogP contribution in [0.4, 0.5) is 0 Å². The molecule has 2 N–H and O–H groups in total. The lowest BCUT2D eigenvalue weighted by atomic mass is 9.96. The van der Waals surface area contributed by atoms with Crippen LogP contribution in [0.1, 0.15) is 44.4 Å². The van der Waals surface area contributed by atoms with E-state index in [4.69, 9.17) is 4.74 Å². The third-order valence-electron chi connectivity index (χ3n) is 5.46. The van der Waals surface area contributed by atoms with Gasteiger partial charge in [-0.25, -0.2) is 0 Å². The number of phenols is 2. The van der Waals surface area contributed by atoms with Gasteiger partial charge in [-0.2, -0.15) is 0 Å². The molecular weight excluding hydrogens is 440 g/mol. The molecule has 0 saturated heterocycles. The van der Waals surface area contributed by atoms with E-state index in [1.165, 1.54) is 12.1 Å². The summed E-state index contributed by atoms with van der Waals surface area (Å²) in [5.74, 6) is 0.653. The Hall–Kier alpha value is -4.64. The second kappa shape index (κ2) is 11.0. The maximum absolute atomic E-state index is 12.0. The van der Waals surface area contributed by atoms with Gasteiger partial charge in [-0.15, -0.1) is 0 Å². The van der Waals surface area contributed by atoms with Gasteiger partial charge in [-0.3, -0.25) is 9.59 Å². The SMILES string of the molecule is O=C(C=Cc1ccccc1)c1ccccc1.O=C1C[C@@H](c2ccc(O)cc2)Oc2cc(O)ccc21. The molecule has 1 atom stereocenters. The first-order valence-electron chi connectivity index (χ1n) is 11.1. The van der Waals surface area contributed by atoms with Gasteiger partial charge in [0, 0.05) is 11.6 Å². The van der Waals surface area contributed by atoms with Crippen LogP contribution in [0.2, 0.25) is 0 Å². The third-order valence-corrected chi connectivity index (χ3v) is 5.46. The standard InChI is InChI=1S/C15H12O4.C15H12O/c16-10-3-1-9(2-4-10)14-8-13(18)12-6-5-11(17)7-15(12)19-14;16-15(14-9-5-2-6-10-14)12-11-13-7-3-1-4-8-13/h1-7,14,16-17H,8H2;1-12H/t14-;/m0./s1. The Labute approximate surface area is 203 Å². The van der Waals surface area contributed by atoms with Crippen molar-refractivity contribution in [3.8, 4) is 17.2 Å². The number of benzene rings is 4. The molecule has 0 fully saturated rings. The summed E-state index contributed by atoms with van der Waals surface area (Å²) in [5.41, 5.74) is 3.06. The summed E-state index contributed by atoms with van der Waals surface area (Å²) in [5, 5.41) is 18.7. The molecule has 5 rings (SSSR count). The van der Waals surface area contributed by atoms with Gasteiger partial charge < -0.3 is 14.9 Å². The molecule has 1 heterocycles. The Kier molecular flexibility index (Phi) is 7.38. The highest BCUT2D eigenvalue weighted by Crippen LogP contribution is 2.36. The van der Waals surface area contributed by atoms with Crippen molar-refractivity contribution in [1.82, 2.24) is 0 Å². The number of aromatic hydroxyl groups is 2. The maximum atomic E-state index is 12.0. The molecule has 0 spiro atoms. The molecule has 1 aliphatic heterocycles. The van der Waals surface area contributed by atoms with Crippen molar-refractivity contribution in [2.45, 2.75) is 12.5 Å². The van der Waals surface area contributed by atoms with Gasteiger partial charge in [-0.05, 0) is 41.5 Å². The number of hydrogen-bond donors (Lipinski definition) is 2. The predicted molar refractivity (Wildman–Crippen MR) is 135 cm³/mol. The van der Waals surface area contributed by atoms with Gasteiger partial charge in [0.2, 0.25) is 0 Å². The molecule has 5 nitrogen and oxygen atoms in total. The van der Waals surface area contributed by atoms with Gasteiger partial charge in [0.25, 0.3) is 0 Å². The molecule has 174 valence electrons. The Morgan fingerprint density at radius 3 is 2.11 bits per heavy atom. The van der Waals surface area contributed by atoms with E-state index >= 15 is 0 Å². The van der Waals surface area contributed by atoms with Gasteiger partial charge in [0.1, 0.15) is 23.4 Å². The van der Waals surface area contributed by atoms with Crippen molar-refractivity contribution in [2.75, 3.05) is 0 Å². The average molecular weight is 465 g/mol. The maximum Gasteiger partial charge on any atom is 0.185 e. The van der Waals surface area contributed by atoms with Gasteiger partial charge in [-0.1, -0.05) is 78.9 Å². The average Bonchev–Trinajstić information content (AvgIpc) is 2.89. The van der Waals surface area contributed by atoms with Crippen LogP contribution in [0.3, 0.4) is 0 Å². The van der Waals surface area contributed by atoms with E-state index in [-0.39, 0.29) is 35.6 Å². The lowest BCUT2D eigenvalue weighted by Crippen LogP contribution is -2.20. The zero-order valence-corrected chi connectivity index (χ0v) is 18.9. The first-order valence-corrected chi connectivity index (χ1v) is 11.1. The second-order valence-electron chi connectivity index (χ2n) is 7.98. The van der Waals surface area contributed by atoms with Crippen molar-refractivity contribution >= 4 is 17.6 Å². The Bertz CT molecular complexity index is 1330. The van der Waals surface area contributed by atoms with Gasteiger partial charge >= 0.3 is 0 Å². The lowest BCUT2D eigenvalue weighted by Gasteiger charge is -2.25. The van der Waals surface area contributed by atoms with Crippen LogP contribution in [-0.4, -0.2) is 21.8 Å². The molecule has 0 bridgehead atoms. The van der Waals surface area contributed by atoms with E-state index in [2.05, 4.69) is 0 Å². The second-order valence-corrected chi connectivity index (χ2v) is 7.98. The van der Waals surface area contributed by atoms with E-state index in [0.717, 1.165) is 16.7 Å². The van der Waals surface area contributed by atoms with Crippen LogP contribution in [0.15, 0.2) is 109 Å². The summed E-state index contributed by atoms with van der Waals surface area (Å²) >= 11 is 0. The smallest absolute Gasteiger partial charge is 0.185 e. The minimum atomic E-state index is -0.387. The normalized spacial score (nSPS) is 14.4. The third kappa shape index (κ3) is 6.24. The Morgan fingerprint density at radius 1 is 0.800 bits per heavy atom. The first-order chi connectivity index (χ1) is 17.0. The molecule has 0 aliphatic carbocycles. The van der Waals surface area contributed by atoms with E-state index in [9.17, 15) is 19.8 Å². The highest BCUT2D eigenvalue weighted by atomic mass is 16.5. The molecule has 0 saturated carbocycles. The van der Waals surface area contributed by atoms with Gasteiger partial charge in [0.05, 0.1) is 12.0 Å². The highest BCUT2D eigenvalue weighted by Gasteiger charge is 2.27. The number of Topliss-reactive ketones (excluding diaryl/α,β-unsaturated/α-hetero) is 1. The van der Waals surface area contributed by atoms with Crippen LogP contribution in [0.25, 0.3) is 6.08 Å². The number of ether oxygens (including phenoxy) is 1. The van der Waals surface area contributed by atoms with E-state index in [1.54, 1.807) is 36.4 Å². The number of fused-ring (bicyclic) bond motifs is 1. The summed E-state index contributed by atoms with van der Waals surface area (Å²) in [6.45, 7) is 0. The number of phenolic OH excluding ortho intramolecular Hbond substituents is 2. The van der Waals surface area contributed by atoms with Crippen LogP contribution in [-0.2, 0) is 0 Å². The van der Waals surface area contributed by atoms with E-state index < -0.39 is 0 Å². The summed E-state index contributed by atoms with van der Waals surface area (Å²) in [4.78, 5) is 23.8. The van der Waals surface area contributed by atoms with Crippen molar-refractivity contribution in [3.63, 3.8) is 0 Å². The van der Waals surface area contributed by atoms with Crippen molar-refractivity contribution in [2.24, 2.45) is 0 Å². The van der Waals surface area contributed by atoms with Crippen molar-refractivity contribution in [1.29, 1.82) is 0 Å². The van der Waals surface area contributed by atoms with E-state index in [0.29, 0.717) is 11.3 Å². The summed E-state index contributed by atoms with van der Waals surface area (Å²) in [6.07, 6.45) is 3.30. The zero-order valence-electron chi connectivity index (χ0n) is 18.9. The minimum absolute atomic E-state index is 0.0145. The highest BCUT2D eigenvalue weighted by molar-refractivity contribution is 6.06. The fourth-order valence-electron chi connectivity index (χ4n) is 3.62. The van der Waals surface area contributed by atoms with Crippen molar-refractivity contribution in [3.05, 3.63) is 131 Å². The number of carbonyl (C=O) groups is 2. The molecule has 1 aliphatic rings. The predicted octanol–water partition coefficient (Wildman–Crippen LogP) is 6.39. The van der Waals surface area contributed by atoms with Crippen LogP contribution in [0, 0.1) is 0 Å². The molecule has 0 amide bonds. The minimum Gasteiger partial charge on any atom is -0.508 e. The summed E-state index contributed by atoms with van der Waals surface area (Å²) < 4.78 is 5.75. The van der Waals surface area contributed by atoms with E-state index in [1.807, 2.05) is 66.7 Å². The molecule has 0 radical (unpaired) electrons. The quantitative estimate of drug-likeness (QED) is 0.270. The molecule has 0 unspecified atom stereocenters. The first kappa shape index (κ1) is 23.5. The molecule has 4 aromatic carbocycles.